The summed E-state index contributed by atoms with van der Waals surface area (Å²) in [6.07, 6.45) is 0.827. The van der Waals surface area contributed by atoms with E-state index in [4.69, 9.17) is 9.15 Å². The molecule has 1 aromatic heterocycles. The lowest BCUT2D eigenvalue weighted by Crippen LogP contribution is -2.47. The van der Waals surface area contributed by atoms with Gasteiger partial charge in [0.05, 0.1) is 12.7 Å². The largest absolute Gasteiger partial charge is 0.464 e. The van der Waals surface area contributed by atoms with E-state index in [2.05, 4.69) is 0 Å². The minimum absolute atomic E-state index is 0.0397. The van der Waals surface area contributed by atoms with Crippen LogP contribution in [0.25, 0.3) is 21.7 Å². The molecule has 5 nitrogen and oxygen atoms in total. The van der Waals surface area contributed by atoms with Gasteiger partial charge < -0.3 is 14.1 Å². The standard InChI is InChI=1S/C23H27NO4/c1-14(2)24(15(3)4)23(26)16(5)28-21(25)12-18-13-27-20-11-10-17-8-6-7-9-19(17)22(18)20/h6-11,13-16H,12H2,1-5H3/t16-/m1/s1. The van der Waals surface area contributed by atoms with Gasteiger partial charge in [0.2, 0.25) is 0 Å². The lowest BCUT2D eigenvalue weighted by molar-refractivity contribution is -0.160. The zero-order valence-electron chi connectivity index (χ0n) is 17.1. The lowest BCUT2D eigenvalue weighted by atomic mass is 10.0. The van der Waals surface area contributed by atoms with Crippen molar-refractivity contribution in [1.29, 1.82) is 0 Å². The summed E-state index contributed by atoms with van der Waals surface area (Å²) in [6.45, 7) is 9.44. The summed E-state index contributed by atoms with van der Waals surface area (Å²) in [5.41, 5.74) is 1.50. The van der Waals surface area contributed by atoms with Crippen molar-refractivity contribution in [2.24, 2.45) is 0 Å². The molecule has 0 saturated heterocycles. The first kappa shape index (κ1) is 19.9. The number of furan rings is 1. The van der Waals surface area contributed by atoms with Gasteiger partial charge in [-0.2, -0.15) is 0 Å². The van der Waals surface area contributed by atoms with E-state index in [1.807, 2.05) is 64.1 Å². The lowest BCUT2D eigenvalue weighted by Gasteiger charge is -2.32. The molecule has 0 unspecified atom stereocenters. The van der Waals surface area contributed by atoms with Crippen LogP contribution in [0.1, 0.15) is 40.2 Å². The molecule has 1 heterocycles. The van der Waals surface area contributed by atoms with Gasteiger partial charge in [-0.1, -0.05) is 30.3 Å². The molecule has 0 fully saturated rings. The minimum atomic E-state index is -0.827. The van der Waals surface area contributed by atoms with Crippen molar-refractivity contribution in [2.75, 3.05) is 0 Å². The second kappa shape index (κ2) is 8.05. The first-order valence-electron chi connectivity index (χ1n) is 9.69. The molecule has 1 atom stereocenters. The van der Waals surface area contributed by atoms with E-state index in [0.717, 1.165) is 27.3 Å². The number of rotatable bonds is 6. The first-order valence-corrected chi connectivity index (χ1v) is 9.69. The topological polar surface area (TPSA) is 59.8 Å². The summed E-state index contributed by atoms with van der Waals surface area (Å²) < 4.78 is 11.1. The second-order valence-corrected chi connectivity index (χ2v) is 7.66. The highest BCUT2D eigenvalue weighted by atomic mass is 16.5. The van der Waals surface area contributed by atoms with Crippen LogP contribution in [-0.4, -0.2) is 35.0 Å². The Balaban J connectivity index is 1.78. The Hall–Kier alpha value is -2.82. The van der Waals surface area contributed by atoms with Crippen LogP contribution in [0.5, 0.6) is 0 Å². The Morgan fingerprint density at radius 2 is 1.68 bits per heavy atom. The number of fused-ring (bicyclic) bond motifs is 3. The minimum Gasteiger partial charge on any atom is -0.464 e. The first-order chi connectivity index (χ1) is 13.3. The molecule has 2 aromatic carbocycles. The molecule has 0 aliphatic carbocycles. The average molecular weight is 381 g/mol. The van der Waals surface area contributed by atoms with Gasteiger partial charge in [0.15, 0.2) is 6.10 Å². The van der Waals surface area contributed by atoms with E-state index >= 15 is 0 Å². The number of carbonyl (C=O) groups is 2. The van der Waals surface area contributed by atoms with Gasteiger partial charge in [0.25, 0.3) is 5.91 Å². The van der Waals surface area contributed by atoms with Crippen LogP contribution in [0.2, 0.25) is 0 Å². The monoisotopic (exact) mass is 381 g/mol. The maximum atomic E-state index is 12.7. The van der Waals surface area contributed by atoms with E-state index in [0.29, 0.717) is 0 Å². The van der Waals surface area contributed by atoms with Crippen LogP contribution >= 0.6 is 0 Å². The van der Waals surface area contributed by atoms with Gasteiger partial charge >= 0.3 is 5.97 Å². The van der Waals surface area contributed by atoms with Gasteiger partial charge in [-0.3, -0.25) is 9.59 Å². The maximum absolute atomic E-state index is 12.7. The molecule has 0 bridgehead atoms. The molecule has 0 aliphatic rings. The van der Waals surface area contributed by atoms with Gasteiger partial charge in [-0.05, 0) is 51.5 Å². The van der Waals surface area contributed by atoms with E-state index in [9.17, 15) is 9.59 Å². The molecule has 3 aromatic rings. The maximum Gasteiger partial charge on any atom is 0.311 e. The third kappa shape index (κ3) is 3.88. The van der Waals surface area contributed by atoms with Crippen LogP contribution in [0, 0.1) is 0 Å². The molecular formula is C23H27NO4. The number of benzene rings is 2. The quantitative estimate of drug-likeness (QED) is 0.581. The number of nitrogens with zero attached hydrogens (tertiary/aromatic N) is 1. The number of amides is 1. The van der Waals surface area contributed by atoms with Crippen LogP contribution in [-0.2, 0) is 20.7 Å². The summed E-state index contributed by atoms with van der Waals surface area (Å²) in [5, 5.41) is 3.03. The fraction of sp³-hybridized carbons (Fsp3) is 0.391. The average Bonchev–Trinajstić information content (AvgIpc) is 3.04. The summed E-state index contributed by atoms with van der Waals surface area (Å²) in [7, 11) is 0. The summed E-state index contributed by atoms with van der Waals surface area (Å²) >= 11 is 0. The van der Waals surface area contributed by atoms with Gasteiger partial charge in [-0.15, -0.1) is 0 Å². The Bertz CT molecular complexity index is 994. The zero-order chi connectivity index (χ0) is 20.4. The van der Waals surface area contributed by atoms with Crippen molar-refractivity contribution in [1.82, 2.24) is 4.90 Å². The van der Waals surface area contributed by atoms with E-state index in [-0.39, 0.29) is 24.4 Å². The molecule has 148 valence electrons. The van der Waals surface area contributed by atoms with Crippen molar-refractivity contribution in [3.63, 3.8) is 0 Å². The van der Waals surface area contributed by atoms with Gasteiger partial charge in [-0.25, -0.2) is 0 Å². The van der Waals surface area contributed by atoms with E-state index in [1.54, 1.807) is 18.1 Å². The molecule has 0 radical (unpaired) electrons. The van der Waals surface area contributed by atoms with Gasteiger partial charge in [0.1, 0.15) is 5.58 Å². The molecular weight excluding hydrogens is 354 g/mol. The van der Waals surface area contributed by atoms with Crippen molar-refractivity contribution < 1.29 is 18.7 Å². The van der Waals surface area contributed by atoms with E-state index in [1.165, 1.54) is 0 Å². The predicted molar refractivity (Wildman–Crippen MR) is 110 cm³/mol. The molecule has 3 rings (SSSR count). The third-order valence-electron chi connectivity index (χ3n) is 4.90. The molecule has 0 aliphatic heterocycles. The van der Waals surface area contributed by atoms with Crippen LogP contribution in [0.3, 0.4) is 0 Å². The van der Waals surface area contributed by atoms with Crippen molar-refractivity contribution in [2.45, 2.75) is 59.2 Å². The molecule has 0 N–H and O–H groups in total. The molecule has 1 amide bonds. The Labute approximate surface area is 165 Å². The fourth-order valence-corrected chi connectivity index (χ4v) is 3.76. The highest BCUT2D eigenvalue weighted by Crippen LogP contribution is 2.30. The summed E-state index contributed by atoms with van der Waals surface area (Å²) in [4.78, 5) is 26.9. The highest BCUT2D eigenvalue weighted by Gasteiger charge is 2.28. The Kier molecular flexibility index (Phi) is 5.73. The van der Waals surface area contributed by atoms with E-state index < -0.39 is 12.1 Å². The fourth-order valence-electron chi connectivity index (χ4n) is 3.76. The number of carbonyl (C=O) groups excluding carboxylic acids is 2. The third-order valence-corrected chi connectivity index (χ3v) is 4.90. The normalized spacial score (nSPS) is 12.7. The summed E-state index contributed by atoms with van der Waals surface area (Å²) in [5.74, 6) is -0.621. The number of esters is 1. The number of hydrogen-bond acceptors (Lipinski definition) is 4. The molecule has 0 saturated carbocycles. The number of hydrogen-bond donors (Lipinski definition) is 0. The molecule has 5 heteroatoms. The Morgan fingerprint density at radius 1 is 1.00 bits per heavy atom. The van der Waals surface area contributed by atoms with Crippen LogP contribution < -0.4 is 0 Å². The molecule has 0 spiro atoms. The SMILES string of the molecule is CC(C)N(C(=O)[C@@H](C)OC(=O)Cc1coc2ccc3ccccc3c12)C(C)C. The highest BCUT2D eigenvalue weighted by molar-refractivity contribution is 6.08. The predicted octanol–water partition coefficient (Wildman–Crippen LogP) is 4.71. The second-order valence-electron chi connectivity index (χ2n) is 7.66. The van der Waals surface area contributed by atoms with Crippen LogP contribution in [0.15, 0.2) is 47.1 Å². The molecule has 28 heavy (non-hydrogen) atoms. The van der Waals surface area contributed by atoms with Crippen molar-refractivity contribution in [3.8, 4) is 0 Å². The Morgan fingerprint density at radius 3 is 2.36 bits per heavy atom. The van der Waals surface area contributed by atoms with Crippen molar-refractivity contribution >= 4 is 33.6 Å². The van der Waals surface area contributed by atoms with Crippen molar-refractivity contribution in [3.05, 3.63) is 48.2 Å². The van der Waals surface area contributed by atoms with Gasteiger partial charge in [0, 0.05) is 23.0 Å². The summed E-state index contributed by atoms with van der Waals surface area (Å²) in [6, 6.07) is 12.0. The smallest absolute Gasteiger partial charge is 0.311 e. The zero-order valence-corrected chi connectivity index (χ0v) is 17.1. The van der Waals surface area contributed by atoms with Crippen LogP contribution in [0.4, 0.5) is 0 Å². The number of ether oxygens (including phenoxy) is 1.